The highest BCUT2D eigenvalue weighted by molar-refractivity contribution is 5.74. The van der Waals surface area contributed by atoms with E-state index in [4.69, 9.17) is 9.47 Å². The van der Waals surface area contributed by atoms with Gasteiger partial charge in [0.15, 0.2) is 11.5 Å². The Hall–Kier alpha value is -1.95. The number of nitrogens with zero attached hydrogens (tertiary/aromatic N) is 2. The van der Waals surface area contributed by atoms with E-state index in [-0.39, 0.29) is 6.03 Å². The van der Waals surface area contributed by atoms with Crippen molar-refractivity contribution in [3.8, 4) is 11.5 Å². The van der Waals surface area contributed by atoms with E-state index >= 15 is 0 Å². The first-order chi connectivity index (χ1) is 12.7. The molecule has 3 rings (SSSR count). The standard InChI is InChI=1S/C20H31N3O3/c1-25-18-8-6-7-16(19(18)26-2)9-11-21-20(24)23-14-10-17(15-23)22-12-4-3-5-13-22/h6-8,17H,3-5,9-15H2,1-2H3,(H,21,24)/t17-/m1/s1. The number of likely N-dealkylation sites (tertiary alicyclic amines) is 2. The number of carbonyl (C=O) groups excluding carboxylic acids is 1. The Balaban J connectivity index is 1.46. The molecule has 6 heteroatoms. The normalized spacial score (nSPS) is 20.8. The van der Waals surface area contributed by atoms with Gasteiger partial charge in [-0.25, -0.2) is 4.79 Å². The first kappa shape index (κ1) is 18.8. The lowest BCUT2D eigenvalue weighted by Gasteiger charge is -2.32. The van der Waals surface area contributed by atoms with Gasteiger partial charge < -0.3 is 19.7 Å². The van der Waals surface area contributed by atoms with Crippen molar-refractivity contribution >= 4 is 6.03 Å². The van der Waals surface area contributed by atoms with Gasteiger partial charge in [-0.3, -0.25) is 4.90 Å². The van der Waals surface area contributed by atoms with Gasteiger partial charge in [0.05, 0.1) is 14.2 Å². The average molecular weight is 361 g/mol. The second-order valence-corrected chi connectivity index (χ2v) is 7.12. The summed E-state index contributed by atoms with van der Waals surface area (Å²) in [5.41, 5.74) is 1.04. The van der Waals surface area contributed by atoms with Gasteiger partial charge in [-0.2, -0.15) is 0 Å². The van der Waals surface area contributed by atoms with Crippen molar-refractivity contribution in [1.29, 1.82) is 0 Å². The van der Waals surface area contributed by atoms with Crippen LogP contribution in [0.5, 0.6) is 11.5 Å². The van der Waals surface area contributed by atoms with Gasteiger partial charge in [0.1, 0.15) is 0 Å². The zero-order chi connectivity index (χ0) is 18.4. The van der Waals surface area contributed by atoms with Crippen LogP contribution >= 0.6 is 0 Å². The van der Waals surface area contributed by atoms with Crippen LogP contribution in [0, 0.1) is 0 Å². The average Bonchev–Trinajstić information content (AvgIpc) is 3.18. The molecule has 0 spiro atoms. The molecule has 0 aliphatic carbocycles. The summed E-state index contributed by atoms with van der Waals surface area (Å²) in [6, 6.07) is 6.43. The fraction of sp³-hybridized carbons (Fsp3) is 0.650. The number of ether oxygens (including phenoxy) is 2. The summed E-state index contributed by atoms with van der Waals surface area (Å²) in [5.74, 6) is 1.47. The summed E-state index contributed by atoms with van der Waals surface area (Å²) in [6.45, 7) is 4.68. The topological polar surface area (TPSA) is 54.0 Å². The molecule has 0 saturated carbocycles. The molecule has 6 nitrogen and oxygen atoms in total. The Kier molecular flexibility index (Phi) is 6.61. The largest absolute Gasteiger partial charge is 0.493 e. The highest BCUT2D eigenvalue weighted by atomic mass is 16.5. The van der Waals surface area contributed by atoms with E-state index in [1.807, 2.05) is 23.1 Å². The summed E-state index contributed by atoms with van der Waals surface area (Å²) in [4.78, 5) is 17.0. The number of amides is 2. The number of para-hydroxylation sites is 1. The maximum atomic E-state index is 12.5. The molecule has 0 aromatic heterocycles. The highest BCUT2D eigenvalue weighted by Gasteiger charge is 2.30. The van der Waals surface area contributed by atoms with Crippen LogP contribution in [-0.2, 0) is 6.42 Å². The molecule has 2 aliphatic heterocycles. The number of hydrogen-bond acceptors (Lipinski definition) is 4. The molecular weight excluding hydrogens is 330 g/mol. The molecule has 2 heterocycles. The Labute approximate surface area is 156 Å². The first-order valence-corrected chi connectivity index (χ1v) is 9.69. The van der Waals surface area contributed by atoms with Crippen LogP contribution in [0.2, 0.25) is 0 Å². The maximum absolute atomic E-state index is 12.5. The number of nitrogens with one attached hydrogen (secondary N) is 1. The fourth-order valence-corrected chi connectivity index (χ4v) is 4.07. The Morgan fingerprint density at radius 2 is 1.96 bits per heavy atom. The summed E-state index contributed by atoms with van der Waals surface area (Å²) in [5, 5.41) is 3.06. The van der Waals surface area contributed by atoms with Gasteiger partial charge in [-0.15, -0.1) is 0 Å². The number of urea groups is 1. The molecule has 1 aromatic rings. The van der Waals surface area contributed by atoms with Crippen LogP contribution < -0.4 is 14.8 Å². The minimum atomic E-state index is 0.0476. The fourth-order valence-electron chi connectivity index (χ4n) is 4.07. The predicted octanol–water partition coefficient (Wildman–Crippen LogP) is 2.52. The van der Waals surface area contributed by atoms with E-state index in [0.717, 1.165) is 43.0 Å². The number of hydrogen-bond donors (Lipinski definition) is 1. The number of methoxy groups -OCH3 is 2. The molecule has 0 radical (unpaired) electrons. The maximum Gasteiger partial charge on any atom is 0.317 e. The van der Waals surface area contributed by atoms with Gasteiger partial charge in [0.2, 0.25) is 0 Å². The van der Waals surface area contributed by atoms with Crippen molar-refractivity contribution in [3.05, 3.63) is 23.8 Å². The minimum absolute atomic E-state index is 0.0476. The molecule has 2 fully saturated rings. The van der Waals surface area contributed by atoms with Crippen LogP contribution in [0.4, 0.5) is 4.79 Å². The smallest absolute Gasteiger partial charge is 0.317 e. The molecule has 2 saturated heterocycles. The van der Waals surface area contributed by atoms with Gasteiger partial charge in [-0.05, 0) is 50.4 Å². The number of rotatable bonds is 6. The SMILES string of the molecule is COc1cccc(CCNC(=O)N2CC[C@@H](N3CCCCC3)C2)c1OC. The van der Waals surface area contributed by atoms with E-state index < -0.39 is 0 Å². The zero-order valence-electron chi connectivity index (χ0n) is 16.0. The van der Waals surface area contributed by atoms with Crippen molar-refractivity contribution in [2.75, 3.05) is 46.9 Å². The molecule has 1 atom stereocenters. The Morgan fingerprint density at radius 1 is 1.15 bits per heavy atom. The van der Waals surface area contributed by atoms with Crippen LogP contribution in [0.1, 0.15) is 31.2 Å². The van der Waals surface area contributed by atoms with Crippen LogP contribution in [-0.4, -0.2) is 68.8 Å². The lowest BCUT2D eigenvalue weighted by Crippen LogP contribution is -2.44. The number of carbonyl (C=O) groups is 1. The number of piperidine rings is 1. The van der Waals surface area contributed by atoms with Crippen LogP contribution in [0.25, 0.3) is 0 Å². The summed E-state index contributed by atoms with van der Waals surface area (Å²) in [7, 11) is 3.28. The van der Waals surface area contributed by atoms with E-state index in [1.165, 1.54) is 32.4 Å². The van der Waals surface area contributed by atoms with Crippen molar-refractivity contribution in [1.82, 2.24) is 15.1 Å². The van der Waals surface area contributed by atoms with Gasteiger partial charge in [-0.1, -0.05) is 18.6 Å². The van der Waals surface area contributed by atoms with Gasteiger partial charge >= 0.3 is 6.03 Å². The highest BCUT2D eigenvalue weighted by Crippen LogP contribution is 2.30. The molecule has 2 aliphatic rings. The minimum Gasteiger partial charge on any atom is -0.493 e. The molecule has 1 N–H and O–H groups in total. The lowest BCUT2D eigenvalue weighted by molar-refractivity contribution is 0.161. The van der Waals surface area contributed by atoms with E-state index in [9.17, 15) is 4.79 Å². The summed E-state index contributed by atoms with van der Waals surface area (Å²) >= 11 is 0. The third kappa shape index (κ3) is 4.41. The Bertz CT molecular complexity index is 602. The molecule has 144 valence electrons. The van der Waals surface area contributed by atoms with E-state index in [2.05, 4.69) is 10.2 Å². The van der Waals surface area contributed by atoms with Crippen molar-refractivity contribution in [2.45, 2.75) is 38.1 Å². The monoisotopic (exact) mass is 361 g/mol. The molecule has 0 bridgehead atoms. The summed E-state index contributed by atoms with van der Waals surface area (Å²) in [6.07, 6.45) is 5.75. The van der Waals surface area contributed by atoms with Crippen LogP contribution in [0.3, 0.4) is 0 Å². The van der Waals surface area contributed by atoms with Crippen molar-refractivity contribution in [2.24, 2.45) is 0 Å². The predicted molar refractivity (Wildman–Crippen MR) is 102 cm³/mol. The lowest BCUT2D eigenvalue weighted by atomic mass is 10.1. The molecule has 2 amide bonds. The third-order valence-electron chi connectivity index (χ3n) is 5.51. The van der Waals surface area contributed by atoms with Gasteiger partial charge in [0.25, 0.3) is 0 Å². The molecular formula is C20H31N3O3. The first-order valence-electron chi connectivity index (χ1n) is 9.69. The second-order valence-electron chi connectivity index (χ2n) is 7.12. The molecule has 26 heavy (non-hydrogen) atoms. The van der Waals surface area contributed by atoms with E-state index in [0.29, 0.717) is 12.6 Å². The van der Waals surface area contributed by atoms with Gasteiger partial charge in [0, 0.05) is 25.7 Å². The Morgan fingerprint density at radius 3 is 2.69 bits per heavy atom. The zero-order valence-corrected chi connectivity index (χ0v) is 16.0. The second kappa shape index (κ2) is 9.12. The van der Waals surface area contributed by atoms with Crippen LogP contribution in [0.15, 0.2) is 18.2 Å². The van der Waals surface area contributed by atoms with Crippen molar-refractivity contribution in [3.63, 3.8) is 0 Å². The van der Waals surface area contributed by atoms with Crippen molar-refractivity contribution < 1.29 is 14.3 Å². The third-order valence-corrected chi connectivity index (χ3v) is 5.51. The quantitative estimate of drug-likeness (QED) is 0.846. The molecule has 0 unspecified atom stereocenters. The van der Waals surface area contributed by atoms with E-state index in [1.54, 1.807) is 14.2 Å². The molecule has 1 aromatic carbocycles. The summed E-state index contributed by atoms with van der Waals surface area (Å²) < 4.78 is 10.8. The number of benzene rings is 1.